The van der Waals surface area contributed by atoms with E-state index in [9.17, 15) is 14.0 Å². The molecule has 1 amide bonds. The number of hydrogen-bond acceptors (Lipinski definition) is 8. The summed E-state index contributed by atoms with van der Waals surface area (Å²) in [6.45, 7) is 2.69. The van der Waals surface area contributed by atoms with E-state index < -0.39 is 5.97 Å². The van der Waals surface area contributed by atoms with Crippen LogP contribution in [0.3, 0.4) is 0 Å². The Hall–Kier alpha value is -2.92. The number of halogens is 1. The van der Waals surface area contributed by atoms with Crippen LogP contribution in [0.15, 0.2) is 40.9 Å². The molecule has 11 heteroatoms. The van der Waals surface area contributed by atoms with Gasteiger partial charge in [-0.25, -0.2) is 9.18 Å². The molecule has 2 aromatic heterocycles. The predicted molar refractivity (Wildman–Crippen MR) is 111 cm³/mol. The van der Waals surface area contributed by atoms with Gasteiger partial charge in [0.15, 0.2) is 11.0 Å². The summed E-state index contributed by atoms with van der Waals surface area (Å²) < 4.78 is 25.1. The number of nitrogens with zero attached hydrogens (tertiary/aromatic N) is 3. The fraction of sp³-hybridized carbons (Fsp3) is 0.263. The smallest absolute Gasteiger partial charge is 0.340 e. The summed E-state index contributed by atoms with van der Waals surface area (Å²) in [5, 5.41) is 13.7. The van der Waals surface area contributed by atoms with Crippen molar-refractivity contribution < 1.29 is 23.5 Å². The summed E-state index contributed by atoms with van der Waals surface area (Å²) in [5.74, 6) is 0.0921. The lowest BCUT2D eigenvalue weighted by atomic mass is 10.3. The first-order chi connectivity index (χ1) is 14.5. The Morgan fingerprint density at radius 1 is 1.23 bits per heavy atom. The van der Waals surface area contributed by atoms with Gasteiger partial charge in [-0.05, 0) is 42.6 Å². The number of thioether (sulfide) groups is 1. The fourth-order valence-corrected chi connectivity index (χ4v) is 4.11. The van der Waals surface area contributed by atoms with Crippen molar-refractivity contribution in [2.24, 2.45) is 0 Å². The topological polar surface area (TPSA) is 95.3 Å². The second-order valence-electron chi connectivity index (χ2n) is 5.88. The zero-order valence-corrected chi connectivity index (χ0v) is 17.9. The molecule has 30 heavy (non-hydrogen) atoms. The third-order valence-corrected chi connectivity index (χ3v) is 5.74. The van der Waals surface area contributed by atoms with Crippen molar-refractivity contribution in [3.05, 3.63) is 52.9 Å². The molecule has 0 saturated carbocycles. The summed E-state index contributed by atoms with van der Waals surface area (Å²) in [7, 11) is 1.29. The number of ether oxygens (including phenoxy) is 2. The van der Waals surface area contributed by atoms with E-state index in [0.29, 0.717) is 33.8 Å². The second-order valence-corrected chi connectivity index (χ2v) is 7.74. The van der Waals surface area contributed by atoms with Crippen molar-refractivity contribution >= 4 is 40.0 Å². The van der Waals surface area contributed by atoms with E-state index in [0.717, 1.165) is 0 Å². The first kappa shape index (κ1) is 21.8. The van der Waals surface area contributed by atoms with E-state index in [-0.39, 0.29) is 24.1 Å². The van der Waals surface area contributed by atoms with Crippen LogP contribution in [0.25, 0.3) is 0 Å². The van der Waals surface area contributed by atoms with E-state index in [1.165, 1.54) is 54.5 Å². The third-order valence-electron chi connectivity index (χ3n) is 3.95. The fourth-order valence-electron chi connectivity index (χ4n) is 2.50. The number of esters is 1. The van der Waals surface area contributed by atoms with Gasteiger partial charge in [0.25, 0.3) is 0 Å². The highest BCUT2D eigenvalue weighted by molar-refractivity contribution is 7.99. The predicted octanol–water partition coefficient (Wildman–Crippen LogP) is 3.60. The van der Waals surface area contributed by atoms with Gasteiger partial charge < -0.3 is 19.4 Å². The van der Waals surface area contributed by atoms with Gasteiger partial charge >= 0.3 is 5.97 Å². The quantitative estimate of drug-likeness (QED) is 0.393. The summed E-state index contributed by atoms with van der Waals surface area (Å²) in [5.41, 5.74) is 0.317. The van der Waals surface area contributed by atoms with Gasteiger partial charge in [0.05, 0.1) is 18.4 Å². The summed E-state index contributed by atoms with van der Waals surface area (Å²) >= 11 is 2.47. The van der Waals surface area contributed by atoms with Gasteiger partial charge in [-0.2, -0.15) is 0 Å². The third kappa shape index (κ3) is 5.36. The Morgan fingerprint density at radius 3 is 2.70 bits per heavy atom. The highest BCUT2D eigenvalue weighted by Gasteiger charge is 2.17. The van der Waals surface area contributed by atoms with Crippen LogP contribution >= 0.6 is 23.1 Å². The average Bonchev–Trinajstić information content (AvgIpc) is 3.37. The first-order valence-electron chi connectivity index (χ1n) is 8.90. The molecule has 0 aliphatic rings. The Kier molecular flexibility index (Phi) is 7.41. The Bertz CT molecular complexity index is 1020. The first-order valence-corrected chi connectivity index (χ1v) is 10.8. The van der Waals surface area contributed by atoms with Crippen molar-refractivity contribution in [1.82, 2.24) is 14.8 Å². The molecular weight excluding hydrogens is 431 g/mol. The number of nitrogens with one attached hydrogen (secondary N) is 1. The molecular formula is C19H19FN4O4S2. The molecule has 0 unspecified atom stereocenters. The zero-order valence-electron chi connectivity index (χ0n) is 16.3. The average molecular weight is 451 g/mol. The highest BCUT2D eigenvalue weighted by atomic mass is 32.2. The Labute approximate surface area is 180 Å². The lowest BCUT2D eigenvalue weighted by molar-refractivity contribution is -0.113. The number of amides is 1. The molecule has 2 heterocycles. The van der Waals surface area contributed by atoms with Gasteiger partial charge in [-0.1, -0.05) is 11.8 Å². The second kappa shape index (κ2) is 10.2. The number of carbonyl (C=O) groups is 2. The van der Waals surface area contributed by atoms with Gasteiger partial charge in [0.1, 0.15) is 23.2 Å². The maximum absolute atomic E-state index is 13.0. The van der Waals surface area contributed by atoms with E-state index in [1.54, 1.807) is 11.4 Å². The molecule has 158 valence electrons. The minimum atomic E-state index is -0.504. The number of benzene rings is 1. The zero-order chi connectivity index (χ0) is 21.5. The molecule has 1 aromatic carbocycles. The van der Waals surface area contributed by atoms with Gasteiger partial charge in [-0.3, -0.25) is 4.79 Å². The molecule has 0 saturated heterocycles. The van der Waals surface area contributed by atoms with Crippen LogP contribution in [-0.4, -0.2) is 39.5 Å². The lowest BCUT2D eigenvalue weighted by Gasteiger charge is -2.09. The van der Waals surface area contributed by atoms with Gasteiger partial charge in [-0.15, -0.1) is 21.5 Å². The minimum absolute atomic E-state index is 0.0927. The van der Waals surface area contributed by atoms with Crippen LogP contribution in [0, 0.1) is 5.82 Å². The lowest BCUT2D eigenvalue weighted by Crippen LogP contribution is -2.16. The van der Waals surface area contributed by atoms with E-state index in [1.807, 2.05) is 11.5 Å². The van der Waals surface area contributed by atoms with Crippen LogP contribution in [0.2, 0.25) is 0 Å². The number of aromatic nitrogens is 3. The van der Waals surface area contributed by atoms with Crippen molar-refractivity contribution in [2.75, 3.05) is 18.2 Å². The molecule has 3 rings (SSSR count). The largest absolute Gasteiger partial charge is 0.486 e. The van der Waals surface area contributed by atoms with Crippen molar-refractivity contribution in [3.8, 4) is 5.75 Å². The van der Waals surface area contributed by atoms with Crippen LogP contribution in [-0.2, 0) is 22.7 Å². The van der Waals surface area contributed by atoms with Crippen LogP contribution in [0.1, 0.15) is 23.1 Å². The molecule has 0 aliphatic carbocycles. The standard InChI is InChI=1S/C19H19FN4O4S2/c1-3-24-15(10-28-13-6-4-12(20)5-7-13)22-23-19(24)30-11-16(25)21-17-14(8-9-29-17)18(26)27-2/h4-9H,3,10-11H2,1-2H3,(H,21,25). The molecule has 0 bridgehead atoms. The molecule has 3 aromatic rings. The van der Waals surface area contributed by atoms with Crippen LogP contribution < -0.4 is 10.1 Å². The molecule has 8 nitrogen and oxygen atoms in total. The van der Waals surface area contributed by atoms with Crippen LogP contribution in [0.4, 0.5) is 9.39 Å². The van der Waals surface area contributed by atoms with E-state index in [4.69, 9.17) is 9.47 Å². The summed E-state index contributed by atoms with van der Waals surface area (Å²) in [6, 6.07) is 7.31. The highest BCUT2D eigenvalue weighted by Crippen LogP contribution is 2.25. The molecule has 0 radical (unpaired) electrons. The molecule has 0 fully saturated rings. The van der Waals surface area contributed by atoms with E-state index >= 15 is 0 Å². The van der Waals surface area contributed by atoms with Crippen molar-refractivity contribution in [1.29, 1.82) is 0 Å². The normalized spacial score (nSPS) is 10.6. The number of rotatable bonds is 9. The van der Waals surface area contributed by atoms with Gasteiger partial charge in [0.2, 0.25) is 5.91 Å². The monoisotopic (exact) mass is 450 g/mol. The number of thiophene rings is 1. The number of anilines is 1. The molecule has 1 N–H and O–H groups in total. The Balaban J connectivity index is 1.58. The van der Waals surface area contributed by atoms with Crippen molar-refractivity contribution in [2.45, 2.75) is 25.2 Å². The maximum Gasteiger partial charge on any atom is 0.340 e. The van der Waals surface area contributed by atoms with Crippen molar-refractivity contribution in [3.63, 3.8) is 0 Å². The number of methoxy groups -OCH3 is 1. The van der Waals surface area contributed by atoms with Gasteiger partial charge in [0, 0.05) is 6.54 Å². The summed E-state index contributed by atoms with van der Waals surface area (Å²) in [6.07, 6.45) is 0. The minimum Gasteiger partial charge on any atom is -0.486 e. The molecule has 0 spiro atoms. The van der Waals surface area contributed by atoms with E-state index in [2.05, 4.69) is 15.5 Å². The molecule has 0 atom stereocenters. The number of hydrogen-bond donors (Lipinski definition) is 1. The SMILES string of the molecule is CCn1c(COc2ccc(F)cc2)nnc1SCC(=O)Nc1sccc1C(=O)OC. The Morgan fingerprint density at radius 2 is 2.00 bits per heavy atom. The van der Waals surface area contributed by atoms with Crippen LogP contribution in [0.5, 0.6) is 5.75 Å². The summed E-state index contributed by atoms with van der Waals surface area (Å²) in [4.78, 5) is 24.0. The molecule has 0 aliphatic heterocycles. The number of carbonyl (C=O) groups excluding carboxylic acids is 2. The maximum atomic E-state index is 13.0.